The Hall–Kier alpha value is -4.51. The van der Waals surface area contributed by atoms with Crippen molar-refractivity contribution in [1.82, 2.24) is 0 Å². The fraction of sp³-hybridized carbons (Fsp3) is 0.0256. The lowest BCUT2D eigenvalue weighted by atomic mass is 10.3. The van der Waals surface area contributed by atoms with Gasteiger partial charge in [0.2, 0.25) is 0 Å². The number of hydrogen-bond acceptors (Lipinski definition) is 0. The first-order valence-corrected chi connectivity index (χ1v) is 18.4. The van der Waals surface area contributed by atoms with Crippen LogP contribution < -0.4 is 31.1 Å². The Labute approximate surface area is 246 Å². The molecule has 0 saturated heterocycles. The monoisotopic (exact) mass is 558 g/mol. The van der Waals surface area contributed by atoms with Crippen LogP contribution in [-0.2, 0) is 0 Å². The second-order valence-electron chi connectivity index (χ2n) is 10.6. The van der Waals surface area contributed by atoms with E-state index in [1.165, 1.54) is 36.3 Å². The van der Waals surface area contributed by atoms with Gasteiger partial charge >= 0.3 is 0 Å². The fourth-order valence-corrected chi connectivity index (χ4v) is 16.8. The highest BCUT2D eigenvalue weighted by atomic mass is 28.3. The van der Waals surface area contributed by atoms with Crippen LogP contribution in [0.2, 0.25) is 0 Å². The second-order valence-corrected chi connectivity index (χ2v) is 18.2. The van der Waals surface area contributed by atoms with Crippen LogP contribution in [0.15, 0.2) is 193 Å². The zero-order valence-corrected chi connectivity index (χ0v) is 25.4. The fourth-order valence-electron chi connectivity index (χ4n) is 6.53. The quantitative estimate of drug-likeness (QED) is 0.175. The highest BCUT2D eigenvalue weighted by Crippen LogP contribution is 2.21. The molecule has 0 fully saturated rings. The van der Waals surface area contributed by atoms with Gasteiger partial charge in [-0.05, 0) is 38.0 Å². The first-order chi connectivity index (χ1) is 20.3. The topological polar surface area (TPSA) is 0 Å². The lowest BCUT2D eigenvalue weighted by Gasteiger charge is -2.38. The lowest BCUT2D eigenvalue weighted by Crippen LogP contribution is -2.71. The molecule has 0 bridgehead atoms. The zero-order chi connectivity index (χ0) is 28.0. The lowest BCUT2D eigenvalue weighted by molar-refractivity contribution is 1.57. The highest BCUT2D eigenvalue weighted by molar-refractivity contribution is 7.19. The van der Waals surface area contributed by atoms with Gasteiger partial charge in [-0.1, -0.05) is 193 Å². The van der Waals surface area contributed by atoms with Gasteiger partial charge in [0.1, 0.15) is 0 Å². The van der Waals surface area contributed by atoms with Crippen LogP contribution in [0, 0.1) is 0 Å². The molecule has 0 aliphatic carbocycles. The molecular weight excluding hydrogens is 525 g/mol. The zero-order valence-electron chi connectivity index (χ0n) is 23.4. The number of hydrogen-bond donors (Lipinski definition) is 0. The van der Waals surface area contributed by atoms with Crippen molar-refractivity contribution in [3.05, 3.63) is 193 Å². The summed E-state index contributed by atoms with van der Waals surface area (Å²) in [6, 6.07) is 67.3. The van der Waals surface area contributed by atoms with Gasteiger partial charge in [-0.2, -0.15) is 0 Å². The standard InChI is InChI=1S/C39H34Si2/c1-33(41(37-26-14-5-15-27-37,38-28-16-6-17-29-38)39-30-18-7-19-31-39)32-40(34-20-8-2-9-21-34,35-22-10-3-11-23-35)36-24-12-4-13-25-36/h2-32H,1H3/b33-32+. The van der Waals surface area contributed by atoms with Crippen molar-refractivity contribution in [3.63, 3.8) is 0 Å². The van der Waals surface area contributed by atoms with Crippen LogP contribution in [0.4, 0.5) is 0 Å². The van der Waals surface area contributed by atoms with Crippen LogP contribution in [0.1, 0.15) is 6.92 Å². The molecule has 0 N–H and O–H groups in total. The first kappa shape index (κ1) is 26.7. The Morgan fingerprint density at radius 3 is 0.805 bits per heavy atom. The third kappa shape index (κ3) is 4.86. The Balaban J connectivity index is 1.77. The molecule has 6 aromatic rings. The summed E-state index contributed by atoms with van der Waals surface area (Å²) in [4.78, 5) is 0. The van der Waals surface area contributed by atoms with Gasteiger partial charge in [0.15, 0.2) is 16.1 Å². The summed E-state index contributed by atoms with van der Waals surface area (Å²) in [6.07, 6.45) is 0. The molecule has 0 radical (unpaired) electrons. The van der Waals surface area contributed by atoms with Gasteiger partial charge in [0.25, 0.3) is 0 Å². The largest absolute Gasteiger partial charge is 0.174 e. The van der Waals surface area contributed by atoms with E-state index < -0.39 is 16.1 Å². The summed E-state index contributed by atoms with van der Waals surface area (Å²) in [5, 5.41) is 9.87. The van der Waals surface area contributed by atoms with E-state index in [1.54, 1.807) is 0 Å². The first-order valence-electron chi connectivity index (χ1n) is 14.3. The number of benzene rings is 6. The third-order valence-electron chi connectivity index (χ3n) is 8.33. The summed E-state index contributed by atoms with van der Waals surface area (Å²) in [5.74, 6) is 0. The molecule has 0 aliphatic heterocycles. The van der Waals surface area contributed by atoms with Gasteiger partial charge in [-0.25, -0.2) is 0 Å². The average Bonchev–Trinajstić information content (AvgIpc) is 3.07. The number of allylic oxidation sites excluding steroid dienone is 1. The maximum Gasteiger partial charge on any atom is 0.174 e. The van der Waals surface area contributed by atoms with E-state index in [0.29, 0.717) is 0 Å². The van der Waals surface area contributed by atoms with Crippen LogP contribution in [-0.4, -0.2) is 16.1 Å². The molecule has 0 atom stereocenters. The van der Waals surface area contributed by atoms with Crippen molar-refractivity contribution in [2.45, 2.75) is 6.92 Å². The van der Waals surface area contributed by atoms with E-state index in [-0.39, 0.29) is 0 Å². The van der Waals surface area contributed by atoms with E-state index in [9.17, 15) is 0 Å². The van der Waals surface area contributed by atoms with Gasteiger partial charge in [-0.3, -0.25) is 0 Å². The van der Waals surface area contributed by atoms with Crippen LogP contribution in [0.3, 0.4) is 0 Å². The molecule has 0 spiro atoms. The maximum atomic E-state index is 2.73. The van der Waals surface area contributed by atoms with Crippen LogP contribution in [0.25, 0.3) is 0 Å². The third-order valence-corrected chi connectivity index (χ3v) is 18.1. The molecule has 6 rings (SSSR count). The normalized spacial score (nSPS) is 12.2. The van der Waals surface area contributed by atoms with E-state index in [2.05, 4.69) is 195 Å². The summed E-state index contributed by atoms with van der Waals surface area (Å²) >= 11 is 0. The summed E-state index contributed by atoms with van der Waals surface area (Å²) < 4.78 is 0. The molecule has 0 amide bonds. The smallest absolute Gasteiger partial charge is 0.0857 e. The molecule has 0 nitrogen and oxygen atoms in total. The van der Waals surface area contributed by atoms with E-state index in [1.807, 2.05) is 0 Å². The summed E-state index contributed by atoms with van der Waals surface area (Å²) in [6.45, 7) is 2.41. The van der Waals surface area contributed by atoms with Gasteiger partial charge in [0, 0.05) is 0 Å². The van der Waals surface area contributed by atoms with Gasteiger partial charge in [-0.15, -0.1) is 0 Å². The molecule has 0 unspecified atom stereocenters. The van der Waals surface area contributed by atoms with Gasteiger partial charge in [0.05, 0.1) is 0 Å². The molecule has 2 heteroatoms. The Morgan fingerprint density at radius 2 is 0.561 bits per heavy atom. The molecule has 198 valence electrons. The van der Waals surface area contributed by atoms with Gasteiger partial charge < -0.3 is 0 Å². The predicted octanol–water partition coefficient (Wildman–Crippen LogP) is 5.35. The maximum absolute atomic E-state index is 2.73. The number of rotatable bonds is 8. The van der Waals surface area contributed by atoms with Crippen molar-refractivity contribution in [3.8, 4) is 0 Å². The molecular formula is C39H34Si2. The second kappa shape index (κ2) is 11.9. The molecule has 0 aromatic heterocycles. The Kier molecular flexibility index (Phi) is 7.77. The highest BCUT2D eigenvalue weighted by Gasteiger charge is 2.45. The van der Waals surface area contributed by atoms with Crippen molar-refractivity contribution in [2.24, 2.45) is 0 Å². The van der Waals surface area contributed by atoms with E-state index in [0.717, 1.165) is 0 Å². The summed E-state index contributed by atoms with van der Waals surface area (Å²) in [7, 11) is -5.26. The van der Waals surface area contributed by atoms with E-state index >= 15 is 0 Å². The minimum atomic E-state index is -2.64. The van der Waals surface area contributed by atoms with Crippen molar-refractivity contribution in [1.29, 1.82) is 0 Å². The minimum Gasteiger partial charge on any atom is -0.0857 e. The van der Waals surface area contributed by atoms with Crippen molar-refractivity contribution >= 4 is 47.3 Å². The SMILES string of the molecule is C/C(=C\[Si](c1ccccc1)(c1ccccc1)c1ccccc1)[Si](c1ccccc1)(c1ccccc1)c1ccccc1. The average molecular weight is 559 g/mol. The predicted molar refractivity (Wildman–Crippen MR) is 182 cm³/mol. The molecule has 0 heterocycles. The van der Waals surface area contributed by atoms with Crippen molar-refractivity contribution < 1.29 is 0 Å². The molecule has 41 heavy (non-hydrogen) atoms. The molecule has 6 aromatic carbocycles. The van der Waals surface area contributed by atoms with E-state index in [4.69, 9.17) is 0 Å². The Bertz CT molecular complexity index is 1500. The van der Waals surface area contributed by atoms with Crippen molar-refractivity contribution in [2.75, 3.05) is 0 Å². The molecule has 0 saturated carbocycles. The minimum absolute atomic E-state index is 1.40. The Morgan fingerprint density at radius 1 is 0.341 bits per heavy atom. The van der Waals surface area contributed by atoms with Crippen LogP contribution in [0.5, 0.6) is 0 Å². The summed E-state index contributed by atoms with van der Waals surface area (Å²) in [5.41, 5.74) is 2.73. The molecule has 0 aliphatic rings. The van der Waals surface area contributed by atoms with Crippen LogP contribution >= 0.6 is 0 Å².